The van der Waals surface area contributed by atoms with Crippen molar-refractivity contribution in [3.8, 4) is 12.1 Å². The molecule has 1 saturated carbocycles. The van der Waals surface area contributed by atoms with Crippen LogP contribution in [0.2, 0.25) is 0 Å². The monoisotopic (exact) mass is 308 g/mol. The molecule has 1 unspecified atom stereocenters. The number of benzene rings is 1. The summed E-state index contributed by atoms with van der Waals surface area (Å²) in [7, 11) is 1.37. The predicted molar refractivity (Wildman–Crippen MR) is 86.1 cm³/mol. The standard InChI is InChI=1S/C19H20N2O2/c1-14-10-18(12-20,13-21)8-9-19(11-14,17(22)23-3)16-7-5-4-6-15(16)2/h4-7H,1,8-11H2,2-3H3. The fourth-order valence-electron chi connectivity index (χ4n) is 3.55. The van der Waals surface area contributed by atoms with Gasteiger partial charge < -0.3 is 4.74 Å². The minimum absolute atomic E-state index is 0.296. The van der Waals surface area contributed by atoms with Gasteiger partial charge in [-0.2, -0.15) is 10.5 Å². The van der Waals surface area contributed by atoms with E-state index in [-0.39, 0.29) is 5.97 Å². The minimum atomic E-state index is -1.12. The lowest BCUT2D eigenvalue weighted by Gasteiger charge is -2.32. The number of carbonyl (C=O) groups excluding carboxylic acids is 1. The van der Waals surface area contributed by atoms with Gasteiger partial charge in [0, 0.05) is 0 Å². The molecule has 1 aromatic rings. The number of hydrogen-bond donors (Lipinski definition) is 0. The van der Waals surface area contributed by atoms with E-state index in [0.717, 1.165) is 16.7 Å². The van der Waals surface area contributed by atoms with Crippen LogP contribution in [0.1, 0.15) is 36.8 Å². The van der Waals surface area contributed by atoms with Crippen molar-refractivity contribution in [3.63, 3.8) is 0 Å². The third kappa shape index (κ3) is 2.85. The molecule has 2 rings (SSSR count). The highest BCUT2D eigenvalue weighted by molar-refractivity contribution is 5.84. The Hall–Kier alpha value is -2.59. The zero-order valence-electron chi connectivity index (χ0n) is 13.6. The quantitative estimate of drug-likeness (QED) is 0.475. The molecule has 0 spiro atoms. The van der Waals surface area contributed by atoms with E-state index in [1.165, 1.54) is 7.11 Å². The molecule has 1 aliphatic carbocycles. The fraction of sp³-hybridized carbons (Fsp3) is 0.421. The summed E-state index contributed by atoms with van der Waals surface area (Å²) in [5, 5.41) is 18.9. The normalized spacial score (nSPS) is 23.2. The lowest BCUT2D eigenvalue weighted by atomic mass is 9.71. The van der Waals surface area contributed by atoms with Crippen LogP contribution in [0.25, 0.3) is 0 Å². The highest BCUT2D eigenvalue weighted by Gasteiger charge is 2.48. The number of nitriles is 2. The zero-order valence-corrected chi connectivity index (χ0v) is 13.6. The van der Waals surface area contributed by atoms with Crippen molar-refractivity contribution in [1.29, 1.82) is 10.5 Å². The summed E-state index contributed by atoms with van der Waals surface area (Å²) in [4.78, 5) is 12.7. The molecule has 0 radical (unpaired) electrons. The van der Waals surface area contributed by atoms with E-state index in [1.54, 1.807) is 0 Å². The third-order valence-corrected chi connectivity index (χ3v) is 4.75. The number of rotatable bonds is 2. The molecule has 4 heteroatoms. The lowest BCUT2D eigenvalue weighted by Crippen LogP contribution is -2.37. The second kappa shape index (κ2) is 6.26. The molecule has 0 heterocycles. The molecule has 23 heavy (non-hydrogen) atoms. The second-order valence-corrected chi connectivity index (χ2v) is 6.30. The molecule has 0 aliphatic heterocycles. The predicted octanol–water partition coefficient (Wildman–Crippen LogP) is 3.57. The molecule has 0 amide bonds. The number of hydrogen-bond acceptors (Lipinski definition) is 4. The number of esters is 1. The smallest absolute Gasteiger partial charge is 0.316 e. The Balaban J connectivity index is 2.60. The Bertz CT molecular complexity index is 710. The zero-order chi connectivity index (χ0) is 17.1. The van der Waals surface area contributed by atoms with Crippen molar-refractivity contribution in [2.75, 3.05) is 7.11 Å². The molecule has 118 valence electrons. The minimum Gasteiger partial charge on any atom is -0.468 e. The van der Waals surface area contributed by atoms with Gasteiger partial charge in [0.2, 0.25) is 0 Å². The van der Waals surface area contributed by atoms with Crippen molar-refractivity contribution >= 4 is 5.97 Å². The first-order chi connectivity index (χ1) is 10.9. The number of ether oxygens (including phenoxy) is 1. The molecular weight excluding hydrogens is 288 g/mol. The molecule has 1 aromatic carbocycles. The molecule has 1 aliphatic rings. The maximum absolute atomic E-state index is 12.7. The van der Waals surface area contributed by atoms with Crippen molar-refractivity contribution in [2.24, 2.45) is 5.41 Å². The average Bonchev–Trinajstić information content (AvgIpc) is 2.72. The van der Waals surface area contributed by atoms with E-state index in [4.69, 9.17) is 4.74 Å². The maximum Gasteiger partial charge on any atom is 0.316 e. The number of carbonyl (C=O) groups is 1. The van der Waals surface area contributed by atoms with E-state index in [1.807, 2.05) is 31.2 Å². The SMILES string of the molecule is C=C1CC(C#N)(C#N)CCC(C(=O)OC)(c2ccccc2C)C1. The van der Waals surface area contributed by atoms with Crippen LogP contribution in [0.15, 0.2) is 36.4 Å². The first-order valence-electron chi connectivity index (χ1n) is 7.57. The van der Waals surface area contributed by atoms with Crippen LogP contribution < -0.4 is 0 Å². The first-order valence-corrected chi connectivity index (χ1v) is 7.57. The number of nitrogens with zero attached hydrogens (tertiary/aromatic N) is 2. The summed E-state index contributed by atoms with van der Waals surface area (Å²) in [6.07, 6.45) is 1.41. The molecule has 4 nitrogen and oxygen atoms in total. The Morgan fingerprint density at radius 2 is 1.87 bits per heavy atom. The van der Waals surface area contributed by atoms with Gasteiger partial charge in [-0.25, -0.2) is 0 Å². The summed E-state index contributed by atoms with van der Waals surface area (Å²) >= 11 is 0. The Labute approximate surface area is 137 Å². The topological polar surface area (TPSA) is 73.9 Å². The molecule has 0 N–H and O–H groups in total. The maximum atomic E-state index is 12.7. The number of allylic oxidation sites excluding steroid dienone is 1. The van der Waals surface area contributed by atoms with Crippen LogP contribution in [0, 0.1) is 35.0 Å². The van der Waals surface area contributed by atoms with Gasteiger partial charge in [-0.1, -0.05) is 36.4 Å². The number of aryl methyl sites for hydroxylation is 1. The Morgan fingerprint density at radius 1 is 1.22 bits per heavy atom. The van der Waals surface area contributed by atoms with E-state index in [0.29, 0.717) is 25.7 Å². The average molecular weight is 308 g/mol. The Morgan fingerprint density at radius 3 is 2.43 bits per heavy atom. The summed E-state index contributed by atoms with van der Waals surface area (Å²) in [5.41, 5.74) is 0.619. The van der Waals surface area contributed by atoms with Crippen molar-refractivity contribution < 1.29 is 9.53 Å². The van der Waals surface area contributed by atoms with Gasteiger partial charge in [-0.15, -0.1) is 0 Å². The van der Waals surface area contributed by atoms with E-state index in [2.05, 4.69) is 18.7 Å². The van der Waals surface area contributed by atoms with Crippen LogP contribution in [0.3, 0.4) is 0 Å². The number of methoxy groups -OCH3 is 1. The molecule has 1 fully saturated rings. The highest BCUT2D eigenvalue weighted by Crippen LogP contribution is 2.47. The molecular formula is C19H20N2O2. The Kier molecular flexibility index (Phi) is 4.57. The van der Waals surface area contributed by atoms with Gasteiger partial charge in [0.1, 0.15) is 5.41 Å². The van der Waals surface area contributed by atoms with Gasteiger partial charge in [0.25, 0.3) is 0 Å². The summed E-state index contributed by atoms with van der Waals surface area (Å²) in [6.45, 7) is 5.98. The van der Waals surface area contributed by atoms with Gasteiger partial charge >= 0.3 is 5.97 Å². The lowest BCUT2D eigenvalue weighted by molar-refractivity contribution is -0.148. The van der Waals surface area contributed by atoms with Crippen molar-refractivity contribution in [1.82, 2.24) is 0 Å². The van der Waals surface area contributed by atoms with Gasteiger partial charge in [-0.3, -0.25) is 4.79 Å². The molecule has 0 bridgehead atoms. The largest absolute Gasteiger partial charge is 0.468 e. The van der Waals surface area contributed by atoms with Crippen molar-refractivity contribution in [2.45, 2.75) is 38.0 Å². The summed E-state index contributed by atoms with van der Waals surface area (Å²) < 4.78 is 5.10. The van der Waals surface area contributed by atoms with Gasteiger partial charge in [-0.05, 0) is 43.7 Å². The van der Waals surface area contributed by atoms with Crippen LogP contribution in [-0.2, 0) is 14.9 Å². The summed E-state index contributed by atoms with van der Waals surface area (Å²) in [5.74, 6) is -0.334. The molecule has 0 saturated heterocycles. The van der Waals surface area contributed by atoms with Gasteiger partial charge in [0.05, 0.1) is 24.7 Å². The van der Waals surface area contributed by atoms with Crippen LogP contribution in [0.4, 0.5) is 0 Å². The second-order valence-electron chi connectivity index (χ2n) is 6.30. The molecule has 0 aromatic heterocycles. The van der Waals surface area contributed by atoms with Gasteiger partial charge in [0.15, 0.2) is 0 Å². The van der Waals surface area contributed by atoms with Crippen LogP contribution >= 0.6 is 0 Å². The fourth-order valence-corrected chi connectivity index (χ4v) is 3.55. The van der Waals surface area contributed by atoms with Crippen molar-refractivity contribution in [3.05, 3.63) is 47.5 Å². The third-order valence-electron chi connectivity index (χ3n) is 4.75. The first kappa shape index (κ1) is 16.8. The van der Waals surface area contributed by atoms with E-state index in [9.17, 15) is 15.3 Å². The van der Waals surface area contributed by atoms with Crippen LogP contribution in [-0.4, -0.2) is 13.1 Å². The van der Waals surface area contributed by atoms with Crippen LogP contribution in [0.5, 0.6) is 0 Å². The van der Waals surface area contributed by atoms with E-state index >= 15 is 0 Å². The molecule has 1 atom stereocenters. The highest BCUT2D eigenvalue weighted by atomic mass is 16.5. The van der Waals surface area contributed by atoms with E-state index < -0.39 is 10.8 Å². The summed E-state index contributed by atoms with van der Waals surface area (Å²) in [6, 6.07) is 11.9.